The molecule has 20 heavy (non-hydrogen) atoms. The van der Waals surface area contributed by atoms with E-state index < -0.39 is 0 Å². The van der Waals surface area contributed by atoms with Gasteiger partial charge in [0.25, 0.3) is 0 Å². The zero-order valence-electron chi connectivity index (χ0n) is 12.8. The van der Waals surface area contributed by atoms with Crippen molar-refractivity contribution in [1.29, 1.82) is 0 Å². The van der Waals surface area contributed by atoms with Gasteiger partial charge < -0.3 is 10.1 Å². The highest BCUT2D eigenvalue weighted by Gasteiger charge is 2.38. The number of hydrogen-bond donors (Lipinski definition) is 1. The van der Waals surface area contributed by atoms with Crippen LogP contribution in [0.1, 0.15) is 51.0 Å². The fraction of sp³-hybridized carbons (Fsp3) is 0.667. The van der Waals surface area contributed by atoms with Gasteiger partial charge in [-0.2, -0.15) is 0 Å². The first-order valence-electron chi connectivity index (χ1n) is 8.10. The maximum Gasteiger partial charge on any atom is 0.122 e. The Kier molecular flexibility index (Phi) is 4.02. The van der Waals surface area contributed by atoms with E-state index in [-0.39, 0.29) is 5.41 Å². The predicted octanol–water partition coefficient (Wildman–Crippen LogP) is 3.90. The molecule has 2 fully saturated rings. The fourth-order valence-corrected chi connectivity index (χ4v) is 3.57. The van der Waals surface area contributed by atoms with Crippen LogP contribution in [-0.2, 0) is 5.41 Å². The van der Waals surface area contributed by atoms with Crippen LogP contribution in [0.25, 0.3) is 0 Å². The van der Waals surface area contributed by atoms with Crippen molar-refractivity contribution in [2.45, 2.75) is 56.9 Å². The quantitative estimate of drug-likeness (QED) is 0.878. The van der Waals surface area contributed by atoms with Gasteiger partial charge in [0.15, 0.2) is 0 Å². The van der Waals surface area contributed by atoms with Crippen LogP contribution >= 0.6 is 0 Å². The van der Waals surface area contributed by atoms with Crippen LogP contribution < -0.4 is 10.1 Å². The summed E-state index contributed by atoms with van der Waals surface area (Å²) in [7, 11) is 1.80. The SMILES string of the molecule is COc1ccccc1C1(CNC2CC2)CCC(C)CC1. The Morgan fingerprint density at radius 2 is 1.85 bits per heavy atom. The van der Waals surface area contributed by atoms with Gasteiger partial charge in [-0.1, -0.05) is 25.1 Å². The molecular formula is C18H27NO. The molecule has 0 saturated heterocycles. The minimum atomic E-state index is 0.279. The molecule has 2 aliphatic rings. The predicted molar refractivity (Wildman–Crippen MR) is 83.3 cm³/mol. The van der Waals surface area contributed by atoms with Crippen molar-refractivity contribution < 1.29 is 4.74 Å². The third kappa shape index (κ3) is 2.85. The molecular weight excluding hydrogens is 246 g/mol. The standard InChI is InChI=1S/C18H27NO/c1-14-9-11-18(12-10-14,13-19-15-7-8-15)16-5-3-4-6-17(16)20-2/h3-6,14-15,19H,7-13H2,1-2H3. The van der Waals surface area contributed by atoms with Crippen molar-refractivity contribution in [2.24, 2.45) is 5.92 Å². The van der Waals surface area contributed by atoms with Gasteiger partial charge in [-0.25, -0.2) is 0 Å². The summed E-state index contributed by atoms with van der Waals surface area (Å²) in [6, 6.07) is 9.42. The Balaban J connectivity index is 1.86. The lowest BCUT2D eigenvalue weighted by atomic mass is 9.66. The van der Waals surface area contributed by atoms with Crippen LogP contribution in [0.5, 0.6) is 5.75 Å². The van der Waals surface area contributed by atoms with E-state index in [1.165, 1.54) is 44.1 Å². The molecule has 0 atom stereocenters. The topological polar surface area (TPSA) is 21.3 Å². The molecule has 0 heterocycles. The van der Waals surface area contributed by atoms with E-state index >= 15 is 0 Å². The Morgan fingerprint density at radius 1 is 1.15 bits per heavy atom. The summed E-state index contributed by atoms with van der Waals surface area (Å²) in [5.74, 6) is 1.94. The molecule has 0 bridgehead atoms. The van der Waals surface area contributed by atoms with E-state index in [4.69, 9.17) is 4.74 Å². The number of hydrogen-bond acceptors (Lipinski definition) is 2. The van der Waals surface area contributed by atoms with Crippen molar-refractivity contribution in [1.82, 2.24) is 5.32 Å². The Morgan fingerprint density at radius 3 is 2.50 bits per heavy atom. The molecule has 110 valence electrons. The van der Waals surface area contributed by atoms with E-state index in [1.807, 2.05) is 0 Å². The number of para-hydroxylation sites is 1. The molecule has 2 heteroatoms. The summed E-state index contributed by atoms with van der Waals surface area (Å²) in [4.78, 5) is 0. The Labute approximate surface area is 122 Å². The lowest BCUT2D eigenvalue weighted by Crippen LogP contribution is -2.42. The van der Waals surface area contributed by atoms with Crippen molar-refractivity contribution in [3.05, 3.63) is 29.8 Å². The second kappa shape index (κ2) is 5.77. The van der Waals surface area contributed by atoms with E-state index in [2.05, 4.69) is 36.5 Å². The first-order chi connectivity index (χ1) is 9.73. The first-order valence-corrected chi connectivity index (χ1v) is 8.10. The summed E-state index contributed by atoms with van der Waals surface area (Å²) in [6.07, 6.45) is 7.97. The molecule has 1 aromatic rings. The van der Waals surface area contributed by atoms with Crippen LogP contribution in [-0.4, -0.2) is 19.7 Å². The van der Waals surface area contributed by atoms with Gasteiger partial charge >= 0.3 is 0 Å². The number of ether oxygens (including phenoxy) is 1. The zero-order chi connectivity index (χ0) is 14.0. The third-order valence-electron chi connectivity index (χ3n) is 5.22. The van der Waals surface area contributed by atoms with Crippen molar-refractivity contribution in [3.63, 3.8) is 0 Å². The fourth-order valence-electron chi connectivity index (χ4n) is 3.57. The van der Waals surface area contributed by atoms with Gasteiger partial charge in [0.05, 0.1) is 7.11 Å². The second-order valence-corrected chi connectivity index (χ2v) is 6.82. The average Bonchev–Trinajstić information content (AvgIpc) is 3.31. The number of methoxy groups -OCH3 is 1. The smallest absolute Gasteiger partial charge is 0.122 e. The highest BCUT2D eigenvalue weighted by atomic mass is 16.5. The normalized spacial score (nSPS) is 30.2. The van der Waals surface area contributed by atoms with Crippen LogP contribution in [0.15, 0.2) is 24.3 Å². The molecule has 0 radical (unpaired) electrons. The Bertz CT molecular complexity index is 444. The van der Waals surface area contributed by atoms with Gasteiger partial charge in [-0.05, 0) is 50.5 Å². The van der Waals surface area contributed by atoms with Gasteiger partial charge in [0.1, 0.15) is 5.75 Å². The first kappa shape index (κ1) is 13.9. The van der Waals surface area contributed by atoms with Gasteiger partial charge in [-0.3, -0.25) is 0 Å². The van der Waals surface area contributed by atoms with Gasteiger partial charge in [0.2, 0.25) is 0 Å². The summed E-state index contributed by atoms with van der Waals surface area (Å²) in [5.41, 5.74) is 1.70. The second-order valence-electron chi connectivity index (χ2n) is 6.82. The van der Waals surface area contributed by atoms with Crippen LogP contribution in [0.2, 0.25) is 0 Å². The monoisotopic (exact) mass is 273 g/mol. The molecule has 2 nitrogen and oxygen atoms in total. The summed E-state index contributed by atoms with van der Waals surface area (Å²) >= 11 is 0. The molecule has 0 aliphatic heterocycles. The van der Waals surface area contributed by atoms with Gasteiger partial charge in [0, 0.05) is 23.6 Å². The van der Waals surface area contributed by atoms with E-state index in [0.717, 1.165) is 24.3 Å². The average molecular weight is 273 g/mol. The highest BCUT2D eigenvalue weighted by Crippen LogP contribution is 2.44. The largest absolute Gasteiger partial charge is 0.496 e. The molecule has 0 unspecified atom stereocenters. The summed E-state index contributed by atoms with van der Waals surface area (Å²) < 4.78 is 5.65. The van der Waals surface area contributed by atoms with E-state index in [1.54, 1.807) is 7.11 Å². The zero-order valence-corrected chi connectivity index (χ0v) is 12.8. The molecule has 1 aromatic carbocycles. The lowest BCUT2D eigenvalue weighted by molar-refractivity contribution is 0.227. The van der Waals surface area contributed by atoms with E-state index in [0.29, 0.717) is 0 Å². The minimum absolute atomic E-state index is 0.279. The Hall–Kier alpha value is -1.02. The molecule has 3 rings (SSSR count). The van der Waals surface area contributed by atoms with Crippen LogP contribution in [0, 0.1) is 5.92 Å². The van der Waals surface area contributed by atoms with Crippen molar-refractivity contribution in [3.8, 4) is 5.75 Å². The molecule has 0 spiro atoms. The molecule has 0 amide bonds. The summed E-state index contributed by atoms with van der Waals surface area (Å²) in [5, 5.41) is 3.78. The maximum atomic E-state index is 5.65. The van der Waals surface area contributed by atoms with Crippen LogP contribution in [0.4, 0.5) is 0 Å². The van der Waals surface area contributed by atoms with Crippen molar-refractivity contribution >= 4 is 0 Å². The minimum Gasteiger partial charge on any atom is -0.496 e. The molecule has 0 aromatic heterocycles. The molecule has 1 N–H and O–H groups in total. The number of benzene rings is 1. The van der Waals surface area contributed by atoms with Crippen LogP contribution in [0.3, 0.4) is 0 Å². The van der Waals surface area contributed by atoms with Crippen molar-refractivity contribution in [2.75, 3.05) is 13.7 Å². The number of nitrogens with one attached hydrogen (secondary N) is 1. The third-order valence-corrected chi connectivity index (χ3v) is 5.22. The molecule has 2 saturated carbocycles. The lowest BCUT2D eigenvalue weighted by Gasteiger charge is -2.41. The molecule has 2 aliphatic carbocycles. The van der Waals surface area contributed by atoms with E-state index in [9.17, 15) is 0 Å². The summed E-state index contributed by atoms with van der Waals surface area (Å²) in [6.45, 7) is 3.51. The van der Waals surface area contributed by atoms with Gasteiger partial charge in [-0.15, -0.1) is 0 Å². The highest BCUT2D eigenvalue weighted by molar-refractivity contribution is 5.40. The number of rotatable bonds is 5. The maximum absolute atomic E-state index is 5.65.